The fourth-order valence-corrected chi connectivity index (χ4v) is 4.44. The number of carbonyl (C=O) groups is 2. The molecule has 0 saturated carbocycles. The lowest BCUT2D eigenvalue weighted by molar-refractivity contribution is -0.123. The molecular formula is C25H22N2O2. The smallest absolute Gasteiger partial charge is 0.255 e. The summed E-state index contributed by atoms with van der Waals surface area (Å²) in [5.41, 5.74) is 4.92. The normalized spacial score (nSPS) is 15.9. The average Bonchev–Trinajstić information content (AvgIpc) is 3.34. The van der Waals surface area contributed by atoms with Crippen molar-refractivity contribution in [1.82, 2.24) is 4.90 Å². The second-order valence-electron chi connectivity index (χ2n) is 7.66. The van der Waals surface area contributed by atoms with E-state index in [2.05, 4.69) is 6.07 Å². The zero-order chi connectivity index (χ0) is 19.8. The lowest BCUT2D eigenvalue weighted by atomic mass is 10.0. The number of anilines is 1. The van der Waals surface area contributed by atoms with E-state index >= 15 is 0 Å². The van der Waals surface area contributed by atoms with Gasteiger partial charge in [0.2, 0.25) is 5.91 Å². The standard InChI is InChI=1S/C25H22N2O2/c28-24-21-12-6-4-11-20(21)17-27(24)23(16-18-8-2-1-3-9-18)25(29)26-15-14-19-10-5-7-13-22(19)26/h1-13,23H,14-17H2/t23-/m1/s1. The zero-order valence-corrected chi connectivity index (χ0v) is 16.1. The molecule has 0 fully saturated rings. The molecule has 2 aliphatic heterocycles. The molecule has 0 aliphatic carbocycles. The number of carbonyl (C=O) groups excluding carboxylic acids is 2. The van der Waals surface area contributed by atoms with E-state index in [0.717, 1.165) is 23.2 Å². The van der Waals surface area contributed by atoms with Gasteiger partial charge >= 0.3 is 0 Å². The Hall–Kier alpha value is -3.40. The van der Waals surface area contributed by atoms with Crippen LogP contribution in [0.5, 0.6) is 0 Å². The van der Waals surface area contributed by atoms with Crippen molar-refractivity contribution in [3.05, 3.63) is 101 Å². The summed E-state index contributed by atoms with van der Waals surface area (Å²) in [6.45, 7) is 1.15. The van der Waals surface area contributed by atoms with Crippen LogP contribution in [0.25, 0.3) is 0 Å². The van der Waals surface area contributed by atoms with E-state index in [0.29, 0.717) is 25.1 Å². The van der Waals surface area contributed by atoms with Crippen molar-refractivity contribution in [1.29, 1.82) is 0 Å². The summed E-state index contributed by atoms with van der Waals surface area (Å²) in [6, 6.07) is 25.1. The minimum absolute atomic E-state index is 0.0000378. The predicted octanol–water partition coefficient (Wildman–Crippen LogP) is 3.84. The molecule has 2 heterocycles. The molecule has 0 N–H and O–H groups in total. The van der Waals surface area contributed by atoms with E-state index in [1.54, 1.807) is 4.90 Å². The molecule has 0 bridgehead atoms. The van der Waals surface area contributed by atoms with Crippen LogP contribution in [0.2, 0.25) is 0 Å². The third kappa shape index (κ3) is 3.11. The van der Waals surface area contributed by atoms with Gasteiger partial charge in [-0.2, -0.15) is 0 Å². The van der Waals surface area contributed by atoms with E-state index in [9.17, 15) is 9.59 Å². The van der Waals surface area contributed by atoms with Crippen molar-refractivity contribution in [2.24, 2.45) is 0 Å². The van der Waals surface area contributed by atoms with E-state index < -0.39 is 6.04 Å². The summed E-state index contributed by atoms with van der Waals surface area (Å²) in [5.74, 6) is -0.0534. The fraction of sp³-hybridized carbons (Fsp3) is 0.200. The Morgan fingerprint density at radius 3 is 2.34 bits per heavy atom. The predicted molar refractivity (Wildman–Crippen MR) is 113 cm³/mol. The Balaban J connectivity index is 1.50. The van der Waals surface area contributed by atoms with Gasteiger partial charge in [-0.3, -0.25) is 9.59 Å². The summed E-state index contributed by atoms with van der Waals surface area (Å²) in [4.78, 5) is 30.5. The maximum atomic E-state index is 13.7. The van der Waals surface area contributed by atoms with Gasteiger partial charge in [0.05, 0.1) is 0 Å². The third-order valence-corrected chi connectivity index (χ3v) is 5.94. The van der Waals surface area contributed by atoms with Gasteiger partial charge < -0.3 is 9.80 Å². The molecule has 2 amide bonds. The summed E-state index contributed by atoms with van der Waals surface area (Å²) in [7, 11) is 0. The van der Waals surface area contributed by atoms with E-state index in [1.165, 1.54) is 5.56 Å². The first-order chi connectivity index (χ1) is 14.2. The molecule has 0 unspecified atom stereocenters. The van der Waals surface area contributed by atoms with Crippen molar-refractivity contribution in [2.45, 2.75) is 25.4 Å². The number of amides is 2. The first kappa shape index (κ1) is 17.7. The lowest BCUT2D eigenvalue weighted by Gasteiger charge is -2.31. The Kier molecular flexibility index (Phi) is 4.39. The highest BCUT2D eigenvalue weighted by Gasteiger charge is 2.39. The maximum absolute atomic E-state index is 13.7. The van der Waals surface area contributed by atoms with Gasteiger partial charge in [-0.25, -0.2) is 0 Å². The molecule has 0 radical (unpaired) electrons. The molecule has 4 heteroatoms. The molecule has 0 saturated heterocycles. The molecule has 5 rings (SSSR count). The Morgan fingerprint density at radius 1 is 0.862 bits per heavy atom. The van der Waals surface area contributed by atoms with Crippen molar-refractivity contribution in [3.8, 4) is 0 Å². The zero-order valence-electron chi connectivity index (χ0n) is 16.1. The second kappa shape index (κ2) is 7.21. The quantitative estimate of drug-likeness (QED) is 0.688. The van der Waals surface area contributed by atoms with Gasteiger partial charge in [-0.1, -0.05) is 66.7 Å². The van der Waals surface area contributed by atoms with Crippen molar-refractivity contribution in [3.63, 3.8) is 0 Å². The van der Waals surface area contributed by atoms with Crippen LogP contribution in [0.1, 0.15) is 27.0 Å². The molecule has 4 nitrogen and oxygen atoms in total. The minimum Gasteiger partial charge on any atom is -0.322 e. The molecule has 1 atom stereocenters. The van der Waals surface area contributed by atoms with Crippen LogP contribution in [0.15, 0.2) is 78.9 Å². The molecule has 0 aromatic heterocycles. The van der Waals surface area contributed by atoms with Gasteiger partial charge in [0, 0.05) is 30.8 Å². The van der Waals surface area contributed by atoms with Crippen molar-refractivity contribution < 1.29 is 9.59 Å². The van der Waals surface area contributed by atoms with Crippen LogP contribution in [0, 0.1) is 0 Å². The van der Waals surface area contributed by atoms with Gasteiger partial charge in [0.25, 0.3) is 5.91 Å². The highest BCUT2D eigenvalue weighted by molar-refractivity contribution is 6.05. The number of rotatable bonds is 4. The lowest BCUT2D eigenvalue weighted by Crippen LogP contribution is -2.49. The van der Waals surface area contributed by atoms with Crippen LogP contribution < -0.4 is 4.90 Å². The molecule has 144 valence electrons. The topological polar surface area (TPSA) is 40.6 Å². The van der Waals surface area contributed by atoms with Crippen LogP contribution >= 0.6 is 0 Å². The Labute approximate surface area is 170 Å². The number of fused-ring (bicyclic) bond motifs is 2. The number of hydrogen-bond acceptors (Lipinski definition) is 2. The molecule has 2 aliphatic rings. The summed E-state index contributed by atoms with van der Waals surface area (Å²) >= 11 is 0. The average molecular weight is 382 g/mol. The largest absolute Gasteiger partial charge is 0.322 e. The number of para-hydroxylation sites is 1. The molecule has 29 heavy (non-hydrogen) atoms. The minimum atomic E-state index is -0.525. The maximum Gasteiger partial charge on any atom is 0.255 e. The Morgan fingerprint density at radius 2 is 1.55 bits per heavy atom. The van der Waals surface area contributed by atoms with Crippen LogP contribution in [0.3, 0.4) is 0 Å². The van der Waals surface area contributed by atoms with Gasteiger partial charge in [-0.05, 0) is 35.2 Å². The number of hydrogen-bond donors (Lipinski definition) is 0. The van der Waals surface area contributed by atoms with Gasteiger partial charge in [0.15, 0.2) is 0 Å². The summed E-state index contributed by atoms with van der Waals surface area (Å²) in [5, 5.41) is 0. The van der Waals surface area contributed by atoms with Gasteiger partial charge in [0.1, 0.15) is 6.04 Å². The first-order valence-corrected chi connectivity index (χ1v) is 10.0. The highest BCUT2D eigenvalue weighted by atomic mass is 16.2. The highest BCUT2D eigenvalue weighted by Crippen LogP contribution is 2.31. The fourth-order valence-electron chi connectivity index (χ4n) is 4.44. The van der Waals surface area contributed by atoms with Crippen LogP contribution in [-0.4, -0.2) is 29.3 Å². The van der Waals surface area contributed by atoms with Gasteiger partial charge in [-0.15, -0.1) is 0 Å². The SMILES string of the molecule is O=C([C@@H](Cc1ccccc1)N1Cc2ccccc2C1=O)N1CCc2ccccc21. The molecule has 0 spiro atoms. The van der Waals surface area contributed by atoms with Crippen molar-refractivity contribution >= 4 is 17.5 Å². The molecule has 3 aromatic rings. The monoisotopic (exact) mass is 382 g/mol. The number of nitrogens with zero attached hydrogens (tertiary/aromatic N) is 2. The summed E-state index contributed by atoms with van der Waals surface area (Å²) < 4.78 is 0. The van der Waals surface area contributed by atoms with Crippen molar-refractivity contribution in [2.75, 3.05) is 11.4 Å². The van der Waals surface area contributed by atoms with Crippen LogP contribution in [-0.2, 0) is 24.2 Å². The summed E-state index contributed by atoms with van der Waals surface area (Å²) in [6.07, 6.45) is 1.37. The third-order valence-electron chi connectivity index (χ3n) is 5.94. The second-order valence-corrected chi connectivity index (χ2v) is 7.66. The first-order valence-electron chi connectivity index (χ1n) is 10.0. The Bertz CT molecular complexity index is 1080. The van der Waals surface area contributed by atoms with E-state index in [4.69, 9.17) is 0 Å². The number of benzene rings is 3. The van der Waals surface area contributed by atoms with E-state index in [1.807, 2.05) is 77.7 Å². The van der Waals surface area contributed by atoms with Crippen LogP contribution in [0.4, 0.5) is 5.69 Å². The van der Waals surface area contributed by atoms with E-state index in [-0.39, 0.29) is 11.8 Å². The molecular weight excluding hydrogens is 360 g/mol. The molecule has 3 aromatic carbocycles.